The number of benzene rings is 1. The molecule has 1 heterocycles. The van der Waals surface area contributed by atoms with Gasteiger partial charge in [0.2, 0.25) is 0 Å². The van der Waals surface area contributed by atoms with Crippen LogP contribution < -0.4 is 10.1 Å². The molecule has 4 heteroatoms. The summed E-state index contributed by atoms with van der Waals surface area (Å²) in [7, 11) is 0. The zero-order valence-corrected chi connectivity index (χ0v) is 12.4. The fourth-order valence-electron chi connectivity index (χ4n) is 2.09. The molecular weight excluding hydrogens is 298 g/mol. The molecule has 94 valence electrons. The average Bonchev–Trinajstić information content (AvgIpc) is 2.52. The van der Waals surface area contributed by atoms with Crippen LogP contribution in [0.25, 0.3) is 0 Å². The fourth-order valence-corrected chi connectivity index (χ4v) is 2.76. The molecule has 17 heavy (non-hydrogen) atoms. The smallest absolute Gasteiger partial charge is 0.125 e. The summed E-state index contributed by atoms with van der Waals surface area (Å²) in [5.41, 5.74) is 1.30. The highest BCUT2D eigenvalue weighted by Crippen LogP contribution is 2.33. The lowest BCUT2D eigenvalue weighted by atomic mass is 10.0. The largest absolute Gasteiger partial charge is 0.493 e. The lowest BCUT2D eigenvalue weighted by molar-refractivity contribution is 0.315. The van der Waals surface area contributed by atoms with E-state index in [-0.39, 0.29) is 0 Å². The van der Waals surface area contributed by atoms with Crippen LogP contribution in [-0.2, 0) is 0 Å². The first-order valence-corrected chi connectivity index (χ1v) is 8.14. The number of thioether (sulfide) groups is 1. The first-order chi connectivity index (χ1) is 8.31. The molecule has 0 spiro atoms. The number of nitrogens with one attached hydrogen (secondary N) is 1. The quantitative estimate of drug-likeness (QED) is 0.858. The van der Waals surface area contributed by atoms with Crippen molar-refractivity contribution in [1.82, 2.24) is 5.32 Å². The molecule has 2 nitrogen and oxygen atoms in total. The number of hydrogen-bond acceptors (Lipinski definition) is 3. The van der Waals surface area contributed by atoms with E-state index in [0.717, 1.165) is 42.0 Å². The molecular formula is C13H18BrNOS. The molecule has 1 aromatic carbocycles. The van der Waals surface area contributed by atoms with E-state index in [4.69, 9.17) is 4.74 Å². The van der Waals surface area contributed by atoms with Gasteiger partial charge in [0, 0.05) is 28.4 Å². The van der Waals surface area contributed by atoms with Gasteiger partial charge in [-0.2, -0.15) is 11.8 Å². The van der Waals surface area contributed by atoms with Crippen molar-refractivity contribution >= 4 is 27.7 Å². The van der Waals surface area contributed by atoms with Crippen molar-refractivity contribution in [1.29, 1.82) is 0 Å². The summed E-state index contributed by atoms with van der Waals surface area (Å²) in [6.07, 6.45) is 4.41. The third-order valence-electron chi connectivity index (χ3n) is 2.94. The van der Waals surface area contributed by atoms with Crippen LogP contribution >= 0.6 is 27.7 Å². The van der Waals surface area contributed by atoms with Gasteiger partial charge in [-0.3, -0.25) is 0 Å². The van der Waals surface area contributed by atoms with Gasteiger partial charge in [-0.25, -0.2) is 0 Å². The Morgan fingerprint density at radius 2 is 2.41 bits per heavy atom. The maximum absolute atomic E-state index is 5.79. The van der Waals surface area contributed by atoms with Gasteiger partial charge in [0.05, 0.1) is 6.61 Å². The molecule has 1 unspecified atom stereocenters. The molecule has 1 N–H and O–H groups in total. The SMILES string of the molecule is CSCCNC1CCCOc2cc(Br)ccc21. The van der Waals surface area contributed by atoms with Crippen LogP contribution in [0.5, 0.6) is 5.75 Å². The van der Waals surface area contributed by atoms with Gasteiger partial charge in [0.25, 0.3) is 0 Å². The lowest BCUT2D eigenvalue weighted by Crippen LogP contribution is -2.23. The lowest BCUT2D eigenvalue weighted by Gasteiger charge is -2.18. The van der Waals surface area contributed by atoms with Crippen molar-refractivity contribution in [3.8, 4) is 5.75 Å². The summed E-state index contributed by atoms with van der Waals surface area (Å²) < 4.78 is 6.87. The summed E-state index contributed by atoms with van der Waals surface area (Å²) in [6.45, 7) is 1.88. The summed E-state index contributed by atoms with van der Waals surface area (Å²) in [5, 5.41) is 3.62. The first kappa shape index (κ1) is 13.2. The van der Waals surface area contributed by atoms with Crippen molar-refractivity contribution in [3.05, 3.63) is 28.2 Å². The number of ether oxygens (including phenoxy) is 1. The number of rotatable bonds is 4. The minimum atomic E-state index is 0.438. The van der Waals surface area contributed by atoms with Crippen molar-refractivity contribution in [3.63, 3.8) is 0 Å². The third-order valence-corrected chi connectivity index (χ3v) is 4.05. The Balaban J connectivity index is 2.12. The van der Waals surface area contributed by atoms with Crippen LogP contribution in [-0.4, -0.2) is 25.2 Å². The standard InChI is InChI=1S/C13H18BrNOS/c1-17-8-6-15-12-3-2-7-16-13-9-10(14)4-5-11(12)13/h4-5,9,12,15H,2-3,6-8H2,1H3. The topological polar surface area (TPSA) is 21.3 Å². The first-order valence-electron chi connectivity index (χ1n) is 5.96. The van der Waals surface area contributed by atoms with Gasteiger partial charge in [-0.1, -0.05) is 22.0 Å². The normalized spacial score (nSPS) is 19.3. The maximum atomic E-state index is 5.79. The third kappa shape index (κ3) is 3.63. The molecule has 0 fully saturated rings. The minimum absolute atomic E-state index is 0.438. The van der Waals surface area contributed by atoms with E-state index >= 15 is 0 Å². The molecule has 0 saturated heterocycles. The predicted octanol–water partition coefficient (Wildman–Crippen LogP) is 3.62. The maximum Gasteiger partial charge on any atom is 0.125 e. The van der Waals surface area contributed by atoms with Crippen molar-refractivity contribution in [2.75, 3.05) is 25.2 Å². The Bertz CT molecular complexity index is 372. The zero-order valence-electron chi connectivity index (χ0n) is 10.0. The average molecular weight is 316 g/mol. The van der Waals surface area contributed by atoms with Crippen LogP contribution in [0.4, 0.5) is 0 Å². The van der Waals surface area contributed by atoms with Gasteiger partial charge >= 0.3 is 0 Å². The molecule has 0 saturated carbocycles. The van der Waals surface area contributed by atoms with E-state index in [9.17, 15) is 0 Å². The van der Waals surface area contributed by atoms with E-state index < -0.39 is 0 Å². The molecule has 0 amide bonds. The Morgan fingerprint density at radius 1 is 1.53 bits per heavy atom. The highest BCUT2D eigenvalue weighted by atomic mass is 79.9. The Kier molecular flexibility index (Phi) is 5.19. The van der Waals surface area contributed by atoms with E-state index in [1.807, 2.05) is 11.8 Å². The van der Waals surface area contributed by atoms with Gasteiger partial charge in [0.15, 0.2) is 0 Å². The van der Waals surface area contributed by atoms with Gasteiger partial charge in [-0.05, 0) is 31.2 Å². The van der Waals surface area contributed by atoms with Crippen molar-refractivity contribution in [2.24, 2.45) is 0 Å². The monoisotopic (exact) mass is 315 g/mol. The number of halogens is 1. The second kappa shape index (κ2) is 6.66. The van der Waals surface area contributed by atoms with Crippen LogP contribution in [0.15, 0.2) is 22.7 Å². The summed E-state index contributed by atoms with van der Waals surface area (Å²) in [6, 6.07) is 6.77. The molecule has 0 aliphatic carbocycles. The Morgan fingerprint density at radius 3 is 3.24 bits per heavy atom. The van der Waals surface area contributed by atoms with Gasteiger partial charge in [-0.15, -0.1) is 0 Å². The van der Waals surface area contributed by atoms with Crippen LogP contribution in [0.3, 0.4) is 0 Å². The summed E-state index contributed by atoms with van der Waals surface area (Å²) >= 11 is 5.37. The van der Waals surface area contributed by atoms with E-state index in [0.29, 0.717) is 6.04 Å². The predicted molar refractivity (Wildman–Crippen MR) is 78.0 cm³/mol. The highest BCUT2D eigenvalue weighted by Gasteiger charge is 2.19. The fraction of sp³-hybridized carbons (Fsp3) is 0.538. The zero-order chi connectivity index (χ0) is 12.1. The molecule has 1 aromatic rings. The molecule has 0 aromatic heterocycles. The molecule has 0 radical (unpaired) electrons. The summed E-state index contributed by atoms with van der Waals surface area (Å²) in [4.78, 5) is 0. The highest BCUT2D eigenvalue weighted by molar-refractivity contribution is 9.10. The Labute approximate surface area is 116 Å². The molecule has 1 atom stereocenters. The Hall–Kier alpha value is -0.190. The molecule has 0 bridgehead atoms. The number of fused-ring (bicyclic) bond motifs is 1. The van der Waals surface area contributed by atoms with E-state index in [2.05, 4.69) is 45.7 Å². The van der Waals surface area contributed by atoms with E-state index in [1.165, 1.54) is 5.56 Å². The second-order valence-electron chi connectivity index (χ2n) is 4.17. The van der Waals surface area contributed by atoms with Crippen LogP contribution in [0.2, 0.25) is 0 Å². The van der Waals surface area contributed by atoms with Crippen molar-refractivity contribution < 1.29 is 4.74 Å². The van der Waals surface area contributed by atoms with Gasteiger partial charge < -0.3 is 10.1 Å². The molecule has 1 aliphatic heterocycles. The van der Waals surface area contributed by atoms with Crippen LogP contribution in [0, 0.1) is 0 Å². The van der Waals surface area contributed by atoms with Gasteiger partial charge in [0.1, 0.15) is 5.75 Å². The van der Waals surface area contributed by atoms with Crippen LogP contribution in [0.1, 0.15) is 24.4 Å². The molecule has 1 aliphatic rings. The second-order valence-corrected chi connectivity index (χ2v) is 6.07. The van der Waals surface area contributed by atoms with E-state index in [1.54, 1.807) is 0 Å². The summed E-state index contributed by atoms with van der Waals surface area (Å²) in [5.74, 6) is 2.18. The number of hydrogen-bond donors (Lipinski definition) is 1. The molecule has 2 rings (SSSR count). The van der Waals surface area contributed by atoms with Crippen molar-refractivity contribution in [2.45, 2.75) is 18.9 Å². The minimum Gasteiger partial charge on any atom is -0.493 e.